The highest BCUT2D eigenvalue weighted by molar-refractivity contribution is 9.10. The summed E-state index contributed by atoms with van der Waals surface area (Å²) in [6.45, 7) is 5.64. The maximum Gasteiger partial charge on any atom is 0.319 e. The van der Waals surface area contributed by atoms with Gasteiger partial charge in [-0.15, -0.1) is 0 Å². The van der Waals surface area contributed by atoms with Crippen molar-refractivity contribution in [3.8, 4) is 11.5 Å². The predicted octanol–water partition coefficient (Wildman–Crippen LogP) is 5.05. The summed E-state index contributed by atoms with van der Waals surface area (Å²) in [6, 6.07) is 9.67. The Kier molecular flexibility index (Phi) is 7.40. The van der Waals surface area contributed by atoms with E-state index < -0.39 is 12.1 Å². The highest BCUT2D eigenvalue weighted by Gasteiger charge is 2.32. The molecule has 0 saturated heterocycles. The van der Waals surface area contributed by atoms with Gasteiger partial charge in [-0.05, 0) is 64.8 Å². The number of methoxy groups -OCH3 is 1. The number of hydrogen-bond donors (Lipinski definition) is 3. The summed E-state index contributed by atoms with van der Waals surface area (Å²) >= 11 is 6.87. The summed E-state index contributed by atoms with van der Waals surface area (Å²) in [5, 5.41) is 8.37. The zero-order chi connectivity index (χ0) is 22.5. The van der Waals surface area contributed by atoms with Gasteiger partial charge in [-0.1, -0.05) is 28.6 Å². The third kappa shape index (κ3) is 5.29. The van der Waals surface area contributed by atoms with Gasteiger partial charge in [0.2, 0.25) is 0 Å². The first-order chi connectivity index (χ1) is 14.8. The Morgan fingerprint density at radius 2 is 1.97 bits per heavy atom. The lowest BCUT2D eigenvalue weighted by atomic mass is 9.94. The van der Waals surface area contributed by atoms with Crippen molar-refractivity contribution in [2.24, 2.45) is 0 Å². The third-order valence-electron chi connectivity index (χ3n) is 4.55. The zero-order valence-electron chi connectivity index (χ0n) is 16.9. The molecule has 0 fully saturated rings. The van der Waals surface area contributed by atoms with E-state index in [9.17, 15) is 9.59 Å². The second-order valence-corrected chi connectivity index (χ2v) is 8.43. The minimum Gasteiger partial charge on any atom is -0.493 e. The van der Waals surface area contributed by atoms with Crippen LogP contribution in [-0.4, -0.2) is 25.7 Å². The van der Waals surface area contributed by atoms with Crippen LogP contribution in [0.4, 0.5) is 10.5 Å². The highest BCUT2D eigenvalue weighted by atomic mass is 79.9. The van der Waals surface area contributed by atoms with Crippen LogP contribution in [0.3, 0.4) is 0 Å². The predicted molar refractivity (Wildman–Crippen MR) is 126 cm³/mol. The van der Waals surface area contributed by atoms with Gasteiger partial charge in [-0.3, -0.25) is 4.79 Å². The van der Waals surface area contributed by atoms with Gasteiger partial charge < -0.3 is 25.4 Å². The highest BCUT2D eigenvalue weighted by Crippen LogP contribution is 2.40. The average molecular weight is 551 g/mol. The number of allylic oxidation sites excluding steroid dienone is 1. The quantitative estimate of drug-likeness (QED) is 0.421. The van der Waals surface area contributed by atoms with E-state index in [-0.39, 0.29) is 5.91 Å². The summed E-state index contributed by atoms with van der Waals surface area (Å²) in [5.41, 5.74) is 2.14. The van der Waals surface area contributed by atoms with Gasteiger partial charge in [0.25, 0.3) is 5.91 Å². The molecular weight excluding hydrogens is 530 g/mol. The molecule has 1 heterocycles. The number of carbonyl (C=O) groups excluding carboxylic acids is 2. The second-order valence-electron chi connectivity index (χ2n) is 6.66. The van der Waals surface area contributed by atoms with E-state index in [0.717, 1.165) is 4.47 Å². The van der Waals surface area contributed by atoms with Crippen LogP contribution in [0.2, 0.25) is 0 Å². The van der Waals surface area contributed by atoms with Crippen molar-refractivity contribution in [3.63, 3.8) is 0 Å². The molecule has 0 aliphatic carbocycles. The molecule has 3 N–H and O–H groups in total. The molecule has 2 aromatic carbocycles. The fourth-order valence-corrected chi connectivity index (χ4v) is 4.00. The van der Waals surface area contributed by atoms with Gasteiger partial charge in [0.15, 0.2) is 11.5 Å². The first-order valence-corrected chi connectivity index (χ1v) is 10.9. The van der Waals surface area contributed by atoms with E-state index >= 15 is 0 Å². The first-order valence-electron chi connectivity index (χ1n) is 9.30. The Balaban J connectivity index is 1.99. The maximum atomic E-state index is 13.2. The van der Waals surface area contributed by atoms with Crippen LogP contribution in [-0.2, 0) is 4.79 Å². The Morgan fingerprint density at radius 1 is 1.26 bits per heavy atom. The van der Waals surface area contributed by atoms with Crippen molar-refractivity contribution >= 4 is 49.5 Å². The lowest BCUT2D eigenvalue weighted by molar-refractivity contribution is -0.113. The monoisotopic (exact) mass is 549 g/mol. The van der Waals surface area contributed by atoms with Crippen molar-refractivity contribution in [2.45, 2.75) is 13.0 Å². The maximum absolute atomic E-state index is 13.2. The molecular formula is C22H21Br2N3O4. The zero-order valence-corrected chi connectivity index (χ0v) is 20.1. The minimum atomic E-state index is -0.692. The van der Waals surface area contributed by atoms with Crippen molar-refractivity contribution in [1.82, 2.24) is 10.6 Å². The molecule has 0 bridgehead atoms. The topological polar surface area (TPSA) is 88.7 Å². The fourth-order valence-electron chi connectivity index (χ4n) is 3.17. The molecule has 1 aliphatic rings. The summed E-state index contributed by atoms with van der Waals surface area (Å²) in [6.07, 6.45) is 1.63. The van der Waals surface area contributed by atoms with E-state index in [2.05, 4.69) is 54.4 Å². The molecule has 0 radical (unpaired) electrons. The van der Waals surface area contributed by atoms with Crippen molar-refractivity contribution in [2.75, 3.05) is 19.0 Å². The van der Waals surface area contributed by atoms with E-state index in [4.69, 9.17) is 9.47 Å². The lowest BCUT2D eigenvalue weighted by Gasteiger charge is -2.29. The van der Waals surface area contributed by atoms with E-state index in [1.165, 1.54) is 7.11 Å². The number of carbonyl (C=O) groups is 2. The SMILES string of the molecule is C=CCOc1c(Br)cc([C@H]2NC(=O)NC(C)=C2C(=O)Nc2ccc(Br)cc2)cc1OC. The summed E-state index contributed by atoms with van der Waals surface area (Å²) < 4.78 is 12.7. The second kappa shape index (κ2) is 10.0. The van der Waals surface area contributed by atoms with E-state index in [1.54, 1.807) is 37.3 Å². The number of ether oxygens (including phenoxy) is 2. The van der Waals surface area contributed by atoms with Gasteiger partial charge >= 0.3 is 6.03 Å². The Bertz CT molecular complexity index is 1050. The number of urea groups is 1. The van der Waals surface area contributed by atoms with Crippen molar-refractivity contribution in [3.05, 3.63) is 74.8 Å². The number of halogens is 2. The van der Waals surface area contributed by atoms with E-state index in [1.807, 2.05) is 12.1 Å². The molecule has 1 atom stereocenters. The first kappa shape index (κ1) is 22.9. The molecule has 1 aliphatic heterocycles. The van der Waals surface area contributed by atoms with Crippen LogP contribution >= 0.6 is 31.9 Å². The summed E-state index contributed by atoms with van der Waals surface area (Å²) in [5.74, 6) is 0.636. The van der Waals surface area contributed by atoms with Crippen molar-refractivity contribution < 1.29 is 19.1 Å². The smallest absolute Gasteiger partial charge is 0.319 e. The molecule has 0 aromatic heterocycles. The molecule has 0 spiro atoms. The van der Waals surface area contributed by atoms with Crippen LogP contribution in [0.25, 0.3) is 0 Å². The summed E-state index contributed by atoms with van der Waals surface area (Å²) in [7, 11) is 1.52. The molecule has 3 amide bonds. The standard InChI is InChI=1S/C22H21Br2N3O4/c1-4-9-31-20-16(24)10-13(11-17(20)30-3)19-18(12(2)25-22(29)27-19)21(28)26-15-7-5-14(23)6-8-15/h4-8,10-11,19H,1,9H2,2-3H3,(H,26,28)(H2,25,27,29)/t19-/m1/s1. The Labute approximate surface area is 197 Å². The molecule has 31 heavy (non-hydrogen) atoms. The average Bonchev–Trinajstić information content (AvgIpc) is 2.73. The molecule has 2 aromatic rings. The number of rotatable bonds is 7. The summed E-state index contributed by atoms with van der Waals surface area (Å²) in [4.78, 5) is 25.3. The number of anilines is 1. The molecule has 162 valence electrons. The van der Waals surface area contributed by atoms with Gasteiger partial charge in [0.1, 0.15) is 6.61 Å². The largest absolute Gasteiger partial charge is 0.493 e. The fraction of sp³-hybridized carbons (Fsp3) is 0.182. The van der Waals surface area contributed by atoms with Crippen LogP contribution in [0.1, 0.15) is 18.5 Å². The number of amides is 3. The molecule has 3 rings (SSSR count). The molecule has 0 unspecified atom stereocenters. The van der Waals surface area contributed by atoms with E-state index in [0.29, 0.717) is 45.1 Å². The van der Waals surface area contributed by atoms with Crippen LogP contribution in [0.15, 0.2) is 69.3 Å². The third-order valence-corrected chi connectivity index (χ3v) is 5.66. The molecule has 7 nitrogen and oxygen atoms in total. The molecule has 9 heteroatoms. The Hall–Kier alpha value is -2.78. The normalized spacial score (nSPS) is 15.6. The lowest BCUT2D eigenvalue weighted by Crippen LogP contribution is -2.46. The van der Waals surface area contributed by atoms with Crippen molar-refractivity contribution in [1.29, 1.82) is 0 Å². The number of benzene rings is 2. The van der Waals surface area contributed by atoms with Crippen LogP contribution < -0.4 is 25.4 Å². The van der Waals surface area contributed by atoms with Gasteiger partial charge in [0.05, 0.1) is 23.2 Å². The number of hydrogen-bond acceptors (Lipinski definition) is 4. The Morgan fingerprint density at radius 3 is 2.61 bits per heavy atom. The van der Waals surface area contributed by atoms with Gasteiger partial charge in [0, 0.05) is 15.9 Å². The minimum absolute atomic E-state index is 0.304. The number of nitrogens with one attached hydrogen (secondary N) is 3. The van der Waals surface area contributed by atoms with Crippen LogP contribution in [0.5, 0.6) is 11.5 Å². The van der Waals surface area contributed by atoms with Gasteiger partial charge in [-0.25, -0.2) is 4.79 Å². The van der Waals surface area contributed by atoms with Gasteiger partial charge in [-0.2, -0.15) is 0 Å². The molecule has 0 saturated carbocycles. The van der Waals surface area contributed by atoms with Crippen LogP contribution in [0, 0.1) is 0 Å².